The lowest BCUT2D eigenvalue weighted by Gasteiger charge is -2.34. The second kappa shape index (κ2) is 16.0. The van der Waals surface area contributed by atoms with Gasteiger partial charge in [-0.3, -0.25) is 24.5 Å². The number of halogens is 4. The Bertz CT molecular complexity index is 1590. The van der Waals surface area contributed by atoms with E-state index in [1.54, 1.807) is 47.4 Å². The zero-order valence-electron chi connectivity index (χ0n) is 26.1. The predicted molar refractivity (Wildman–Crippen MR) is 173 cm³/mol. The average molecular weight is 672 g/mol. The molecular weight excluding hydrogens is 635 g/mol. The number of aromatic nitrogens is 1. The van der Waals surface area contributed by atoms with Gasteiger partial charge in [0.05, 0.1) is 11.1 Å². The minimum absolute atomic E-state index is 0.0817. The van der Waals surface area contributed by atoms with Crippen LogP contribution >= 0.6 is 11.6 Å². The van der Waals surface area contributed by atoms with E-state index in [1.165, 1.54) is 18.1 Å². The maximum atomic E-state index is 14.1. The number of rotatable bonds is 13. The van der Waals surface area contributed by atoms with Gasteiger partial charge in [-0.25, -0.2) is 4.98 Å². The number of imide groups is 1. The maximum Gasteiger partial charge on any atom is 0.419 e. The molecule has 1 aliphatic rings. The highest BCUT2D eigenvalue weighted by molar-refractivity contribution is 6.30. The summed E-state index contributed by atoms with van der Waals surface area (Å²) in [6, 6.07) is 11.8. The number of likely N-dealkylation sites (N-methyl/N-ethyl adjacent to an activating group) is 1. The number of amides is 3. The summed E-state index contributed by atoms with van der Waals surface area (Å²) in [4.78, 5) is 55.3. The molecule has 3 amide bonds. The first kappa shape index (κ1) is 35.6. The third-order valence-electron chi connectivity index (χ3n) is 8.33. The van der Waals surface area contributed by atoms with Crippen molar-refractivity contribution in [2.24, 2.45) is 5.92 Å². The molecule has 250 valence electrons. The van der Waals surface area contributed by atoms with Gasteiger partial charge >= 0.3 is 6.18 Å². The fourth-order valence-corrected chi connectivity index (χ4v) is 5.98. The topological polar surface area (TPSA) is 112 Å². The third-order valence-corrected chi connectivity index (χ3v) is 8.57. The van der Waals surface area contributed by atoms with Crippen LogP contribution in [0.1, 0.15) is 64.4 Å². The molecule has 2 aromatic carbocycles. The quantitative estimate of drug-likeness (QED) is 0.223. The number of aldehydes is 1. The average Bonchev–Trinajstić information content (AvgIpc) is 3.06. The van der Waals surface area contributed by atoms with Gasteiger partial charge in [0.15, 0.2) is 6.29 Å². The Hall–Kier alpha value is -4.29. The van der Waals surface area contributed by atoms with Crippen molar-refractivity contribution >= 4 is 41.9 Å². The standard InChI is InChI=1S/C34H37ClF3N5O4/c1-3-5-30(32(46)41-21-45)42(2)33(47)28-9-8-23(14-26(28)20-44)18-39-17-22-10-12-43(13-11-22)31-29(34(36,37)38)16-25(19-40-31)24-6-4-7-27(35)15-24/h4,6-9,14-16,19-22,30,39H,3,5,10-13,17-18H2,1-2H3,(H,41,45,46). The van der Waals surface area contributed by atoms with E-state index in [0.29, 0.717) is 74.3 Å². The highest BCUT2D eigenvalue weighted by Crippen LogP contribution is 2.39. The number of piperidine rings is 1. The van der Waals surface area contributed by atoms with Crippen molar-refractivity contribution in [1.29, 1.82) is 0 Å². The number of hydrogen-bond donors (Lipinski definition) is 2. The van der Waals surface area contributed by atoms with Gasteiger partial charge in [-0.2, -0.15) is 13.2 Å². The highest BCUT2D eigenvalue weighted by atomic mass is 35.5. The summed E-state index contributed by atoms with van der Waals surface area (Å²) in [5.74, 6) is -0.970. The van der Waals surface area contributed by atoms with E-state index < -0.39 is 29.6 Å². The normalized spacial score (nSPS) is 14.4. The van der Waals surface area contributed by atoms with E-state index in [4.69, 9.17) is 11.6 Å². The van der Waals surface area contributed by atoms with Crippen LogP contribution in [0.15, 0.2) is 54.7 Å². The van der Waals surface area contributed by atoms with Gasteiger partial charge in [-0.05, 0) is 73.2 Å². The summed E-state index contributed by atoms with van der Waals surface area (Å²) >= 11 is 6.04. The van der Waals surface area contributed by atoms with Gasteiger partial charge in [0.2, 0.25) is 12.3 Å². The Kier molecular flexibility index (Phi) is 12.1. The van der Waals surface area contributed by atoms with Gasteiger partial charge < -0.3 is 15.1 Å². The lowest BCUT2D eigenvalue weighted by atomic mass is 9.96. The molecular formula is C34H37ClF3N5O4. The van der Waals surface area contributed by atoms with Crippen molar-refractivity contribution in [3.8, 4) is 11.1 Å². The van der Waals surface area contributed by atoms with E-state index in [2.05, 4.69) is 15.6 Å². The molecule has 1 fully saturated rings. The molecule has 0 saturated carbocycles. The minimum Gasteiger partial charge on any atom is -0.356 e. The largest absolute Gasteiger partial charge is 0.419 e. The maximum absolute atomic E-state index is 14.1. The Morgan fingerprint density at radius 2 is 1.85 bits per heavy atom. The Labute approximate surface area is 276 Å². The molecule has 0 spiro atoms. The first-order chi connectivity index (χ1) is 22.5. The molecule has 2 heterocycles. The number of benzene rings is 2. The van der Waals surface area contributed by atoms with Crippen LogP contribution in [-0.2, 0) is 22.3 Å². The Morgan fingerprint density at radius 3 is 2.49 bits per heavy atom. The molecule has 1 saturated heterocycles. The smallest absolute Gasteiger partial charge is 0.356 e. The van der Waals surface area contributed by atoms with Crippen molar-refractivity contribution < 1.29 is 32.3 Å². The molecule has 47 heavy (non-hydrogen) atoms. The first-order valence-corrected chi connectivity index (χ1v) is 15.7. The van der Waals surface area contributed by atoms with Crippen LogP contribution in [0.5, 0.6) is 0 Å². The molecule has 0 aliphatic carbocycles. The number of alkyl halides is 3. The molecule has 13 heteroatoms. The van der Waals surface area contributed by atoms with E-state index in [9.17, 15) is 32.3 Å². The number of hydrogen-bond acceptors (Lipinski definition) is 7. The molecule has 0 radical (unpaired) electrons. The van der Waals surface area contributed by atoms with Gasteiger partial charge in [0, 0.05) is 49.0 Å². The molecule has 1 unspecified atom stereocenters. The summed E-state index contributed by atoms with van der Waals surface area (Å²) in [6.45, 7) is 3.72. The molecule has 1 atom stereocenters. The van der Waals surface area contributed by atoms with Crippen LogP contribution in [0.3, 0.4) is 0 Å². The van der Waals surface area contributed by atoms with Crippen LogP contribution in [0, 0.1) is 5.92 Å². The fourth-order valence-electron chi connectivity index (χ4n) is 5.79. The zero-order valence-corrected chi connectivity index (χ0v) is 26.9. The number of carbonyl (C=O) groups is 4. The third kappa shape index (κ3) is 8.95. The fraction of sp³-hybridized carbons (Fsp3) is 0.382. The van der Waals surface area contributed by atoms with Crippen molar-refractivity contribution in [2.45, 2.75) is 51.4 Å². The zero-order chi connectivity index (χ0) is 34.1. The molecule has 9 nitrogen and oxygen atoms in total. The lowest BCUT2D eigenvalue weighted by Crippen LogP contribution is -2.47. The summed E-state index contributed by atoms with van der Waals surface area (Å²) in [7, 11) is 1.46. The summed E-state index contributed by atoms with van der Waals surface area (Å²) in [5.41, 5.74) is 1.21. The monoisotopic (exact) mass is 671 g/mol. The summed E-state index contributed by atoms with van der Waals surface area (Å²) < 4.78 is 42.3. The molecule has 2 N–H and O–H groups in total. The number of nitrogens with one attached hydrogen (secondary N) is 2. The van der Waals surface area contributed by atoms with Crippen LogP contribution in [0.4, 0.5) is 19.0 Å². The van der Waals surface area contributed by atoms with E-state index in [0.717, 1.165) is 11.6 Å². The van der Waals surface area contributed by atoms with Crippen LogP contribution < -0.4 is 15.5 Å². The van der Waals surface area contributed by atoms with Crippen molar-refractivity contribution in [3.63, 3.8) is 0 Å². The number of carbonyl (C=O) groups excluding carboxylic acids is 4. The second-order valence-electron chi connectivity index (χ2n) is 11.6. The van der Waals surface area contributed by atoms with Gasteiger partial charge in [-0.15, -0.1) is 0 Å². The summed E-state index contributed by atoms with van der Waals surface area (Å²) in [5, 5.41) is 5.87. The highest BCUT2D eigenvalue weighted by Gasteiger charge is 2.37. The van der Waals surface area contributed by atoms with Crippen molar-refractivity contribution in [3.05, 3.63) is 82.0 Å². The van der Waals surface area contributed by atoms with Crippen LogP contribution in [0.25, 0.3) is 11.1 Å². The number of nitrogens with zero attached hydrogens (tertiary/aromatic N) is 3. The Balaban J connectivity index is 1.35. The van der Waals surface area contributed by atoms with Crippen molar-refractivity contribution in [2.75, 3.05) is 31.6 Å². The number of pyridine rings is 1. The first-order valence-electron chi connectivity index (χ1n) is 15.3. The van der Waals surface area contributed by atoms with Crippen LogP contribution in [-0.4, -0.2) is 67.1 Å². The van der Waals surface area contributed by atoms with E-state index >= 15 is 0 Å². The van der Waals surface area contributed by atoms with E-state index in [1.807, 2.05) is 6.92 Å². The Morgan fingerprint density at radius 1 is 1.11 bits per heavy atom. The van der Waals surface area contributed by atoms with Gasteiger partial charge in [-0.1, -0.05) is 43.1 Å². The van der Waals surface area contributed by atoms with Gasteiger partial charge in [0.25, 0.3) is 5.91 Å². The number of anilines is 1. The van der Waals surface area contributed by atoms with Crippen LogP contribution in [0.2, 0.25) is 5.02 Å². The molecule has 0 bridgehead atoms. The molecule has 1 aliphatic heterocycles. The second-order valence-corrected chi connectivity index (χ2v) is 12.0. The summed E-state index contributed by atoms with van der Waals surface area (Å²) in [6.07, 6.45) is 0.00295. The lowest BCUT2D eigenvalue weighted by molar-refractivity contribution is -0.137. The molecule has 1 aromatic heterocycles. The van der Waals surface area contributed by atoms with Crippen molar-refractivity contribution in [1.82, 2.24) is 20.5 Å². The molecule has 4 rings (SSSR count). The minimum atomic E-state index is -4.58. The predicted octanol–water partition coefficient (Wildman–Crippen LogP) is 5.75. The van der Waals surface area contributed by atoms with E-state index in [-0.39, 0.29) is 29.3 Å². The SMILES string of the molecule is CCCC(C(=O)NC=O)N(C)C(=O)c1ccc(CNCC2CCN(c3ncc(-c4cccc(Cl)c4)cc3C(F)(F)F)CC2)cc1C=O. The van der Waals surface area contributed by atoms with Gasteiger partial charge in [0.1, 0.15) is 11.9 Å². The molecule has 3 aromatic rings.